The molecule has 0 aromatic carbocycles. The Balaban J connectivity index is 2.55. The molecule has 1 aromatic rings. The molecule has 0 bridgehead atoms. The first kappa shape index (κ1) is 13.2. The highest BCUT2D eigenvalue weighted by Gasteiger charge is 2.12. The molecule has 0 unspecified atom stereocenters. The second-order valence-corrected chi connectivity index (χ2v) is 4.08. The Morgan fingerprint density at radius 3 is 2.81 bits per heavy atom. The summed E-state index contributed by atoms with van der Waals surface area (Å²) < 4.78 is 0. The molecule has 1 heterocycles. The molecule has 1 rings (SSSR count). The van der Waals surface area contributed by atoms with E-state index in [4.69, 9.17) is 23.2 Å². The normalized spacial score (nSPS) is 10.2. The highest BCUT2D eigenvalue weighted by atomic mass is 35.5. The molecule has 0 fully saturated rings. The molecule has 1 N–H and O–H groups in total. The fraction of sp³-hybridized carbons (Fsp3) is 0.500. The van der Waals surface area contributed by atoms with Gasteiger partial charge in [-0.1, -0.05) is 43.0 Å². The van der Waals surface area contributed by atoms with E-state index >= 15 is 0 Å². The predicted octanol–water partition coefficient (Wildman–Crippen LogP) is 2.70. The zero-order chi connectivity index (χ0) is 12.0. The number of nitrogens with zero attached hydrogens (tertiary/aromatic N) is 2. The van der Waals surface area contributed by atoms with Gasteiger partial charge >= 0.3 is 0 Å². The molecular formula is C10H13Cl2N3O. The lowest BCUT2D eigenvalue weighted by atomic mass is 10.2. The number of hydrogen-bond acceptors (Lipinski definition) is 3. The number of unbranched alkanes of at least 4 members (excludes halogenated alkanes) is 2. The van der Waals surface area contributed by atoms with E-state index < -0.39 is 0 Å². The summed E-state index contributed by atoms with van der Waals surface area (Å²) in [5.41, 5.74) is 0.262. The van der Waals surface area contributed by atoms with Gasteiger partial charge in [0, 0.05) is 6.54 Å². The van der Waals surface area contributed by atoms with Crippen molar-refractivity contribution in [1.82, 2.24) is 15.5 Å². The Hall–Kier alpha value is -0.870. The smallest absolute Gasteiger partial charge is 0.254 e. The van der Waals surface area contributed by atoms with Crippen molar-refractivity contribution >= 4 is 29.1 Å². The first-order chi connectivity index (χ1) is 7.65. The number of carbonyl (C=O) groups excluding carboxylic acids is 1. The van der Waals surface area contributed by atoms with Gasteiger partial charge in [0.05, 0.1) is 5.56 Å². The van der Waals surface area contributed by atoms with E-state index in [2.05, 4.69) is 22.4 Å². The van der Waals surface area contributed by atoms with Gasteiger partial charge in [-0.25, -0.2) is 0 Å². The third kappa shape index (κ3) is 3.94. The second-order valence-electron chi connectivity index (χ2n) is 3.33. The van der Waals surface area contributed by atoms with Crippen molar-refractivity contribution in [3.63, 3.8) is 0 Å². The van der Waals surface area contributed by atoms with E-state index in [0.717, 1.165) is 19.3 Å². The third-order valence-corrected chi connectivity index (χ3v) is 2.49. The summed E-state index contributed by atoms with van der Waals surface area (Å²) in [6, 6.07) is 1.41. The van der Waals surface area contributed by atoms with Crippen LogP contribution in [0, 0.1) is 0 Å². The molecule has 0 radical (unpaired) electrons. The minimum Gasteiger partial charge on any atom is -0.352 e. The fourth-order valence-corrected chi connectivity index (χ4v) is 1.51. The van der Waals surface area contributed by atoms with Gasteiger partial charge in [0.25, 0.3) is 5.91 Å². The van der Waals surface area contributed by atoms with E-state index in [1.54, 1.807) is 0 Å². The number of rotatable bonds is 5. The monoisotopic (exact) mass is 261 g/mol. The maximum atomic E-state index is 11.7. The van der Waals surface area contributed by atoms with Crippen molar-refractivity contribution in [2.24, 2.45) is 0 Å². The third-order valence-electron chi connectivity index (χ3n) is 2.03. The van der Waals surface area contributed by atoms with Gasteiger partial charge in [0.2, 0.25) is 0 Å². The van der Waals surface area contributed by atoms with Crippen LogP contribution in [0.25, 0.3) is 0 Å². The standard InChI is InChI=1S/C10H13Cl2N3O/c1-2-3-4-5-13-10(16)7-6-8(11)14-15-9(7)12/h6H,2-5H2,1H3,(H,13,16). The fourth-order valence-electron chi connectivity index (χ4n) is 1.18. The second kappa shape index (κ2) is 6.66. The van der Waals surface area contributed by atoms with Crippen LogP contribution in [0.5, 0.6) is 0 Å². The highest BCUT2D eigenvalue weighted by Crippen LogP contribution is 2.14. The lowest BCUT2D eigenvalue weighted by molar-refractivity contribution is 0.0952. The zero-order valence-corrected chi connectivity index (χ0v) is 10.5. The SMILES string of the molecule is CCCCCNC(=O)c1cc(Cl)nnc1Cl. The molecule has 88 valence electrons. The average Bonchev–Trinajstić information content (AvgIpc) is 2.27. The van der Waals surface area contributed by atoms with Crippen LogP contribution < -0.4 is 5.32 Å². The van der Waals surface area contributed by atoms with Gasteiger partial charge < -0.3 is 5.32 Å². The van der Waals surface area contributed by atoms with Crippen LogP contribution in [0.2, 0.25) is 10.3 Å². The molecule has 0 aliphatic heterocycles. The molecule has 0 spiro atoms. The lowest BCUT2D eigenvalue weighted by Gasteiger charge is -2.05. The molecule has 16 heavy (non-hydrogen) atoms. The molecule has 0 aliphatic carbocycles. The molecule has 4 nitrogen and oxygen atoms in total. The van der Waals surface area contributed by atoms with Crippen molar-refractivity contribution in [2.45, 2.75) is 26.2 Å². The first-order valence-electron chi connectivity index (χ1n) is 5.12. The number of hydrogen-bond donors (Lipinski definition) is 1. The Morgan fingerprint density at radius 1 is 1.38 bits per heavy atom. The summed E-state index contributed by atoms with van der Waals surface area (Å²) >= 11 is 11.4. The van der Waals surface area contributed by atoms with Gasteiger partial charge in [0.1, 0.15) is 0 Å². The molecule has 0 saturated carbocycles. The van der Waals surface area contributed by atoms with Crippen LogP contribution in [0.3, 0.4) is 0 Å². The number of halogens is 2. The van der Waals surface area contributed by atoms with Crippen LogP contribution in [-0.2, 0) is 0 Å². The molecule has 6 heteroatoms. The molecule has 0 saturated heterocycles. The van der Waals surface area contributed by atoms with Gasteiger partial charge in [-0.15, -0.1) is 10.2 Å². The highest BCUT2D eigenvalue weighted by molar-refractivity contribution is 6.34. The molecule has 1 aromatic heterocycles. The largest absolute Gasteiger partial charge is 0.352 e. The topological polar surface area (TPSA) is 54.9 Å². The van der Waals surface area contributed by atoms with Crippen LogP contribution in [0.1, 0.15) is 36.5 Å². The van der Waals surface area contributed by atoms with E-state index in [1.807, 2.05) is 0 Å². The van der Waals surface area contributed by atoms with Crippen molar-refractivity contribution in [3.05, 3.63) is 21.9 Å². The Kier molecular flexibility index (Phi) is 5.49. The number of nitrogens with one attached hydrogen (secondary N) is 1. The van der Waals surface area contributed by atoms with Gasteiger partial charge in [-0.05, 0) is 12.5 Å². The van der Waals surface area contributed by atoms with Crippen LogP contribution in [0.4, 0.5) is 0 Å². The van der Waals surface area contributed by atoms with Crippen molar-refractivity contribution < 1.29 is 4.79 Å². The van der Waals surface area contributed by atoms with Crippen LogP contribution >= 0.6 is 23.2 Å². The molecule has 0 atom stereocenters. The number of carbonyl (C=O) groups is 1. The van der Waals surface area contributed by atoms with Crippen molar-refractivity contribution in [2.75, 3.05) is 6.54 Å². The van der Waals surface area contributed by atoms with Crippen molar-refractivity contribution in [1.29, 1.82) is 0 Å². The summed E-state index contributed by atoms with van der Waals surface area (Å²) in [7, 11) is 0. The van der Waals surface area contributed by atoms with Crippen LogP contribution in [-0.4, -0.2) is 22.6 Å². The van der Waals surface area contributed by atoms with Gasteiger partial charge in [-0.3, -0.25) is 4.79 Å². The van der Waals surface area contributed by atoms with E-state index in [9.17, 15) is 4.79 Å². The van der Waals surface area contributed by atoms with E-state index in [-0.39, 0.29) is 21.8 Å². The number of aromatic nitrogens is 2. The summed E-state index contributed by atoms with van der Waals surface area (Å²) in [5, 5.41) is 10.1. The summed E-state index contributed by atoms with van der Waals surface area (Å²) in [5.74, 6) is -0.266. The Labute approximate surface area is 104 Å². The maximum Gasteiger partial charge on any atom is 0.254 e. The Bertz CT molecular complexity index is 371. The Morgan fingerprint density at radius 2 is 2.12 bits per heavy atom. The molecule has 0 aliphatic rings. The lowest BCUT2D eigenvalue weighted by Crippen LogP contribution is -2.25. The minimum absolute atomic E-state index is 0.0670. The van der Waals surface area contributed by atoms with Crippen molar-refractivity contribution in [3.8, 4) is 0 Å². The predicted molar refractivity (Wildman–Crippen MR) is 63.9 cm³/mol. The van der Waals surface area contributed by atoms with E-state index in [0.29, 0.717) is 6.54 Å². The zero-order valence-electron chi connectivity index (χ0n) is 8.96. The average molecular weight is 262 g/mol. The first-order valence-corrected chi connectivity index (χ1v) is 5.87. The van der Waals surface area contributed by atoms with E-state index in [1.165, 1.54) is 6.07 Å². The maximum absolute atomic E-state index is 11.7. The summed E-state index contributed by atoms with van der Waals surface area (Å²) in [6.45, 7) is 2.73. The van der Waals surface area contributed by atoms with Crippen LogP contribution in [0.15, 0.2) is 6.07 Å². The number of amides is 1. The minimum atomic E-state index is -0.266. The molecule has 1 amide bonds. The quantitative estimate of drug-likeness (QED) is 0.830. The molecular weight excluding hydrogens is 249 g/mol. The summed E-state index contributed by atoms with van der Waals surface area (Å²) in [6.07, 6.45) is 3.15. The van der Waals surface area contributed by atoms with Gasteiger partial charge in [0.15, 0.2) is 10.3 Å². The van der Waals surface area contributed by atoms with Gasteiger partial charge in [-0.2, -0.15) is 0 Å². The summed E-state index contributed by atoms with van der Waals surface area (Å²) in [4.78, 5) is 11.7.